The van der Waals surface area contributed by atoms with Crippen molar-refractivity contribution < 1.29 is 54.6 Å². The van der Waals surface area contributed by atoms with Crippen LogP contribution in [0.4, 0.5) is 26.3 Å². The minimum atomic E-state index is -4.42. The molecule has 0 N–H and O–H groups in total. The lowest BCUT2D eigenvalue weighted by Gasteiger charge is -2.14. The first kappa shape index (κ1) is 37.7. The summed E-state index contributed by atoms with van der Waals surface area (Å²) in [4.78, 5) is 35.3. The number of hydrogen-bond donors (Lipinski definition) is 0. The molecule has 0 spiro atoms. The van der Waals surface area contributed by atoms with Gasteiger partial charge in [-0.25, -0.2) is 4.79 Å². The molecule has 3 aromatic rings. The molecule has 12 heteroatoms. The SMILES string of the molecule is C.C.CCOC(=O)C1(C(C)=O)C=C1c1ccc(C(F)(F)F)cc1.CCOC(=O)c1cc(-c2ccc(C(F)(F)F)cc2)oc1C. The van der Waals surface area contributed by atoms with Crippen LogP contribution in [0.15, 0.2) is 65.1 Å². The molecule has 6 nitrogen and oxygen atoms in total. The Morgan fingerprint density at radius 3 is 1.64 bits per heavy atom. The van der Waals surface area contributed by atoms with Gasteiger partial charge in [0, 0.05) is 5.56 Å². The lowest BCUT2D eigenvalue weighted by molar-refractivity contribution is -0.151. The number of halogens is 6. The fourth-order valence-corrected chi connectivity index (χ4v) is 4.04. The van der Waals surface area contributed by atoms with Crippen LogP contribution in [0, 0.1) is 12.3 Å². The molecule has 1 unspecified atom stereocenters. The number of hydrogen-bond acceptors (Lipinski definition) is 6. The van der Waals surface area contributed by atoms with Crippen LogP contribution in [0.1, 0.15) is 68.4 Å². The maximum Gasteiger partial charge on any atom is 0.416 e. The van der Waals surface area contributed by atoms with Crippen molar-refractivity contribution >= 4 is 23.3 Å². The van der Waals surface area contributed by atoms with E-state index in [1.165, 1.54) is 43.3 Å². The fourth-order valence-electron chi connectivity index (χ4n) is 4.04. The fraction of sp³-hybridized carbons (Fsp3) is 0.344. The highest BCUT2D eigenvalue weighted by Gasteiger charge is 2.57. The Labute approximate surface area is 251 Å². The monoisotopic (exact) mass is 628 g/mol. The van der Waals surface area contributed by atoms with Crippen molar-refractivity contribution in [2.75, 3.05) is 13.2 Å². The maximum absolute atomic E-state index is 12.5. The number of alkyl halides is 6. The average molecular weight is 629 g/mol. The van der Waals surface area contributed by atoms with Gasteiger partial charge >= 0.3 is 24.3 Å². The zero-order chi connectivity index (χ0) is 31.5. The Morgan fingerprint density at radius 2 is 1.23 bits per heavy atom. The second-order valence-corrected chi connectivity index (χ2v) is 9.09. The number of ether oxygens (including phenoxy) is 2. The number of ketones is 1. The highest BCUT2D eigenvalue weighted by atomic mass is 19.4. The Balaban J connectivity index is 0.000000421. The van der Waals surface area contributed by atoms with Crippen molar-refractivity contribution in [1.82, 2.24) is 0 Å². The number of Topliss-reactive ketones (excluding diaryl/α,β-unsaturated/α-hetero) is 1. The first-order valence-electron chi connectivity index (χ1n) is 12.6. The molecular formula is C32H34F6O6. The van der Waals surface area contributed by atoms with Crippen molar-refractivity contribution in [1.29, 1.82) is 0 Å². The summed E-state index contributed by atoms with van der Waals surface area (Å²) in [5.74, 6) is -0.923. The molecule has 1 aromatic heterocycles. The molecule has 0 fully saturated rings. The lowest BCUT2D eigenvalue weighted by atomic mass is 9.92. The standard InChI is InChI=1S/2C15H13F3O3.2CH4/c1-3-21-13(20)14(9(2)19)8-12(14)10-4-6-11(7-5-10)15(16,17)18;1-3-20-14(19)12-8-13(21-9(12)2)10-4-6-11(7-5-10)15(16,17)18;;/h2*4-8H,3H2,1-2H3;2*1H4. The molecule has 240 valence electrons. The topological polar surface area (TPSA) is 82.8 Å². The van der Waals surface area contributed by atoms with Gasteiger partial charge in [0.1, 0.15) is 17.1 Å². The molecular weight excluding hydrogens is 594 g/mol. The van der Waals surface area contributed by atoms with Gasteiger partial charge in [0.05, 0.1) is 24.3 Å². The minimum absolute atomic E-state index is 0. The first-order valence-corrected chi connectivity index (χ1v) is 12.6. The molecule has 4 rings (SSSR count). The van der Waals surface area contributed by atoms with Gasteiger partial charge in [-0.15, -0.1) is 0 Å². The van der Waals surface area contributed by atoms with Crippen LogP contribution in [-0.4, -0.2) is 30.9 Å². The van der Waals surface area contributed by atoms with Gasteiger partial charge in [0.25, 0.3) is 0 Å². The van der Waals surface area contributed by atoms with E-state index in [0.717, 1.165) is 24.3 Å². The molecule has 2 aromatic carbocycles. The summed E-state index contributed by atoms with van der Waals surface area (Å²) < 4.78 is 90.1. The highest BCUT2D eigenvalue weighted by Crippen LogP contribution is 2.52. The Bertz CT molecular complexity index is 1480. The van der Waals surface area contributed by atoms with E-state index in [4.69, 9.17) is 13.9 Å². The van der Waals surface area contributed by atoms with Gasteiger partial charge in [-0.05, 0) is 75.2 Å². The van der Waals surface area contributed by atoms with Crippen LogP contribution in [-0.2, 0) is 31.4 Å². The number of carbonyl (C=O) groups is 3. The van der Waals surface area contributed by atoms with E-state index in [0.29, 0.717) is 28.2 Å². The van der Waals surface area contributed by atoms with E-state index in [9.17, 15) is 40.7 Å². The van der Waals surface area contributed by atoms with Gasteiger partial charge in [0.2, 0.25) is 0 Å². The number of rotatable bonds is 7. The Kier molecular flexibility index (Phi) is 12.3. The number of carbonyl (C=O) groups excluding carboxylic acids is 3. The van der Waals surface area contributed by atoms with Crippen molar-refractivity contribution in [3.63, 3.8) is 0 Å². The molecule has 44 heavy (non-hydrogen) atoms. The highest BCUT2D eigenvalue weighted by molar-refractivity contribution is 6.24. The molecule has 1 atom stereocenters. The van der Waals surface area contributed by atoms with Gasteiger partial charge in [0.15, 0.2) is 11.2 Å². The second-order valence-electron chi connectivity index (χ2n) is 9.09. The molecule has 0 saturated carbocycles. The van der Waals surface area contributed by atoms with E-state index in [2.05, 4.69) is 0 Å². The molecule has 0 aliphatic heterocycles. The van der Waals surface area contributed by atoms with E-state index in [1.807, 2.05) is 0 Å². The Hall–Kier alpha value is -4.35. The molecule has 1 aliphatic carbocycles. The summed E-state index contributed by atoms with van der Waals surface area (Å²) in [7, 11) is 0. The van der Waals surface area contributed by atoms with E-state index in [1.54, 1.807) is 20.8 Å². The Morgan fingerprint density at radius 1 is 0.773 bits per heavy atom. The molecule has 0 radical (unpaired) electrons. The summed E-state index contributed by atoms with van der Waals surface area (Å²) in [6.07, 6.45) is -7.38. The number of aryl methyl sites for hydroxylation is 1. The number of benzene rings is 2. The number of esters is 2. The number of furan rings is 1. The normalized spacial score (nSPS) is 15.4. The van der Waals surface area contributed by atoms with Crippen LogP contribution in [0.25, 0.3) is 16.9 Å². The van der Waals surface area contributed by atoms with Gasteiger partial charge in [-0.3, -0.25) is 9.59 Å². The van der Waals surface area contributed by atoms with E-state index in [-0.39, 0.29) is 33.6 Å². The summed E-state index contributed by atoms with van der Waals surface area (Å²) in [6, 6.07) is 10.3. The zero-order valence-corrected chi connectivity index (χ0v) is 22.9. The van der Waals surface area contributed by atoms with Crippen molar-refractivity contribution in [2.24, 2.45) is 5.41 Å². The van der Waals surface area contributed by atoms with Crippen molar-refractivity contribution in [2.45, 2.75) is 54.9 Å². The molecule has 1 heterocycles. The minimum Gasteiger partial charge on any atom is -0.465 e. The predicted molar refractivity (Wildman–Crippen MR) is 152 cm³/mol. The van der Waals surface area contributed by atoms with Crippen LogP contribution in [0.2, 0.25) is 0 Å². The largest absolute Gasteiger partial charge is 0.465 e. The van der Waals surface area contributed by atoms with Gasteiger partial charge in [-0.1, -0.05) is 39.1 Å². The second kappa shape index (κ2) is 14.4. The molecule has 0 saturated heterocycles. The molecule has 0 bridgehead atoms. The van der Waals surface area contributed by atoms with Crippen LogP contribution < -0.4 is 0 Å². The maximum atomic E-state index is 12.5. The summed E-state index contributed by atoms with van der Waals surface area (Å²) >= 11 is 0. The van der Waals surface area contributed by atoms with Crippen LogP contribution in [0.3, 0.4) is 0 Å². The van der Waals surface area contributed by atoms with Crippen LogP contribution >= 0.6 is 0 Å². The van der Waals surface area contributed by atoms with E-state index >= 15 is 0 Å². The molecule has 0 amide bonds. The quantitative estimate of drug-likeness (QED) is 0.148. The van der Waals surface area contributed by atoms with Crippen LogP contribution in [0.5, 0.6) is 0 Å². The molecule has 1 aliphatic rings. The average Bonchev–Trinajstić information content (AvgIpc) is 3.57. The zero-order valence-electron chi connectivity index (χ0n) is 22.9. The summed E-state index contributed by atoms with van der Waals surface area (Å²) in [6.45, 7) is 6.52. The summed E-state index contributed by atoms with van der Waals surface area (Å²) in [5, 5.41) is 0. The summed E-state index contributed by atoms with van der Waals surface area (Å²) in [5.41, 5.74) is -1.42. The van der Waals surface area contributed by atoms with Crippen molar-refractivity contribution in [3.8, 4) is 11.3 Å². The predicted octanol–water partition coefficient (Wildman–Crippen LogP) is 8.96. The smallest absolute Gasteiger partial charge is 0.416 e. The lowest BCUT2D eigenvalue weighted by Crippen LogP contribution is -2.29. The van der Waals surface area contributed by atoms with Gasteiger partial charge < -0.3 is 13.9 Å². The third kappa shape index (κ3) is 8.18. The third-order valence-electron chi connectivity index (χ3n) is 6.29. The van der Waals surface area contributed by atoms with Gasteiger partial charge in [-0.2, -0.15) is 26.3 Å². The first-order chi connectivity index (χ1) is 19.6. The van der Waals surface area contributed by atoms with E-state index < -0.39 is 46.6 Å². The third-order valence-corrected chi connectivity index (χ3v) is 6.29. The van der Waals surface area contributed by atoms with Crippen molar-refractivity contribution in [3.05, 3.63) is 88.7 Å².